The lowest BCUT2D eigenvalue weighted by Gasteiger charge is -2.11. The number of benzene rings is 1. The molecule has 2 rings (SSSR count). The van der Waals surface area contributed by atoms with Gasteiger partial charge in [0.25, 0.3) is 0 Å². The molecular weight excluding hydrogens is 275 g/mol. The largest absolute Gasteiger partial charge is 0.481 e. The van der Waals surface area contributed by atoms with Crippen LogP contribution in [0.3, 0.4) is 0 Å². The van der Waals surface area contributed by atoms with Crippen molar-refractivity contribution in [2.24, 2.45) is 0 Å². The summed E-state index contributed by atoms with van der Waals surface area (Å²) in [7, 11) is 0. The van der Waals surface area contributed by atoms with Gasteiger partial charge < -0.3 is 10.1 Å². The number of alkyl halides is 3. The number of hydrogen-bond acceptors (Lipinski definition) is 2. The smallest absolute Gasteiger partial charge is 0.431 e. The number of fused-ring (bicyclic) bond motifs is 1. The Kier molecular flexibility index (Phi) is 3.29. The van der Waals surface area contributed by atoms with E-state index in [-0.39, 0.29) is 17.3 Å². The van der Waals surface area contributed by atoms with Crippen molar-refractivity contribution < 1.29 is 23.1 Å². The number of hydrogen-bond donors (Lipinski definition) is 2. The summed E-state index contributed by atoms with van der Waals surface area (Å²) >= 11 is 0. The number of aliphatic carboxylic acids is 1. The molecule has 7 heteroatoms. The molecule has 0 aliphatic rings. The summed E-state index contributed by atoms with van der Waals surface area (Å²) in [5.41, 5.74) is -1.88. The van der Waals surface area contributed by atoms with Crippen molar-refractivity contribution in [3.05, 3.63) is 45.2 Å². The molecule has 1 aromatic heterocycles. The van der Waals surface area contributed by atoms with Crippen molar-refractivity contribution in [1.82, 2.24) is 4.98 Å². The van der Waals surface area contributed by atoms with Crippen LogP contribution in [-0.2, 0) is 17.4 Å². The molecule has 20 heavy (non-hydrogen) atoms. The summed E-state index contributed by atoms with van der Waals surface area (Å²) in [6.45, 7) is 1.09. The van der Waals surface area contributed by atoms with Gasteiger partial charge in [0, 0.05) is 16.5 Å². The number of nitrogens with one attached hydrogen (secondary N) is 1. The van der Waals surface area contributed by atoms with Gasteiger partial charge in [0.05, 0.1) is 6.42 Å². The van der Waals surface area contributed by atoms with Gasteiger partial charge in [0.2, 0.25) is 0 Å². The Morgan fingerprint density at radius 2 is 2.00 bits per heavy atom. The molecule has 0 saturated carbocycles. The van der Waals surface area contributed by atoms with Gasteiger partial charge in [0.15, 0.2) is 5.43 Å². The first kappa shape index (κ1) is 14.1. The molecule has 2 aromatic rings. The van der Waals surface area contributed by atoms with Gasteiger partial charge >= 0.3 is 12.1 Å². The average Bonchev–Trinajstić information content (AvgIpc) is 2.32. The predicted molar refractivity (Wildman–Crippen MR) is 65.6 cm³/mol. The maximum atomic E-state index is 12.8. The number of pyridine rings is 1. The van der Waals surface area contributed by atoms with E-state index in [0.29, 0.717) is 5.56 Å². The standard InChI is InChI=1S/C13H10F3NO3/c1-6-11(20)8-4-7(5-10(18)19)2-3-9(8)17-12(6)13(14,15)16/h2-4H,5H2,1H3,(H,17,20)(H,18,19). The van der Waals surface area contributed by atoms with E-state index < -0.39 is 28.8 Å². The van der Waals surface area contributed by atoms with Gasteiger partial charge in [-0.2, -0.15) is 13.2 Å². The Morgan fingerprint density at radius 3 is 2.55 bits per heavy atom. The van der Waals surface area contributed by atoms with E-state index in [1.165, 1.54) is 18.2 Å². The van der Waals surface area contributed by atoms with Gasteiger partial charge in [0.1, 0.15) is 5.69 Å². The van der Waals surface area contributed by atoms with Crippen LogP contribution in [0.2, 0.25) is 0 Å². The van der Waals surface area contributed by atoms with Crippen LogP contribution in [0.15, 0.2) is 23.0 Å². The van der Waals surface area contributed by atoms with E-state index in [4.69, 9.17) is 5.11 Å². The summed E-state index contributed by atoms with van der Waals surface area (Å²) < 4.78 is 38.3. The molecule has 4 nitrogen and oxygen atoms in total. The van der Waals surface area contributed by atoms with Crippen LogP contribution in [0, 0.1) is 6.92 Å². The highest BCUT2D eigenvalue weighted by Gasteiger charge is 2.34. The van der Waals surface area contributed by atoms with Gasteiger partial charge in [-0.25, -0.2) is 0 Å². The summed E-state index contributed by atoms with van der Waals surface area (Å²) in [6, 6.07) is 3.96. The summed E-state index contributed by atoms with van der Waals surface area (Å²) in [5.74, 6) is -1.08. The zero-order valence-corrected chi connectivity index (χ0v) is 10.3. The third-order valence-corrected chi connectivity index (χ3v) is 2.94. The van der Waals surface area contributed by atoms with Crippen LogP contribution in [0.25, 0.3) is 10.9 Å². The van der Waals surface area contributed by atoms with Gasteiger partial charge in [-0.3, -0.25) is 9.59 Å². The van der Waals surface area contributed by atoms with E-state index in [1.54, 1.807) is 0 Å². The molecule has 1 heterocycles. The highest BCUT2D eigenvalue weighted by molar-refractivity contribution is 5.81. The lowest BCUT2D eigenvalue weighted by atomic mass is 10.0. The molecule has 0 spiro atoms. The minimum atomic E-state index is -4.64. The van der Waals surface area contributed by atoms with E-state index >= 15 is 0 Å². The molecule has 2 N–H and O–H groups in total. The molecule has 0 aliphatic heterocycles. The Morgan fingerprint density at radius 1 is 1.35 bits per heavy atom. The molecule has 106 valence electrons. The summed E-state index contributed by atoms with van der Waals surface area (Å²) in [4.78, 5) is 24.8. The molecule has 0 fully saturated rings. The van der Waals surface area contributed by atoms with E-state index in [1.807, 2.05) is 0 Å². The molecule has 0 unspecified atom stereocenters. The normalized spacial score (nSPS) is 11.8. The fourth-order valence-corrected chi connectivity index (χ4v) is 2.00. The highest BCUT2D eigenvalue weighted by Crippen LogP contribution is 2.30. The molecule has 0 radical (unpaired) electrons. The minimum Gasteiger partial charge on any atom is -0.481 e. The quantitative estimate of drug-likeness (QED) is 0.890. The van der Waals surface area contributed by atoms with Crippen molar-refractivity contribution in [2.75, 3.05) is 0 Å². The first-order valence-corrected chi connectivity index (χ1v) is 5.64. The number of carboxylic acids is 1. The third-order valence-electron chi connectivity index (χ3n) is 2.94. The van der Waals surface area contributed by atoms with Crippen LogP contribution in [0.1, 0.15) is 16.8 Å². The monoisotopic (exact) mass is 285 g/mol. The molecule has 0 aliphatic carbocycles. The zero-order chi connectivity index (χ0) is 15.1. The minimum absolute atomic E-state index is 0.0297. The Labute approximate surface area is 110 Å². The van der Waals surface area contributed by atoms with Gasteiger partial charge in [-0.15, -0.1) is 0 Å². The number of H-pyrrole nitrogens is 1. The Hall–Kier alpha value is -2.31. The van der Waals surface area contributed by atoms with Crippen molar-refractivity contribution in [3.63, 3.8) is 0 Å². The van der Waals surface area contributed by atoms with Crippen molar-refractivity contribution in [3.8, 4) is 0 Å². The number of aromatic nitrogens is 1. The first-order chi connectivity index (χ1) is 9.20. The second-order valence-corrected chi connectivity index (χ2v) is 4.40. The first-order valence-electron chi connectivity index (χ1n) is 5.64. The molecule has 1 aromatic carbocycles. The second-order valence-electron chi connectivity index (χ2n) is 4.40. The number of carbonyl (C=O) groups is 1. The Balaban J connectivity index is 2.71. The van der Waals surface area contributed by atoms with Crippen LogP contribution in [0.4, 0.5) is 13.2 Å². The van der Waals surface area contributed by atoms with Crippen molar-refractivity contribution in [1.29, 1.82) is 0 Å². The number of rotatable bonds is 2. The summed E-state index contributed by atoms with van der Waals surface area (Å²) in [6.07, 6.45) is -4.94. The Bertz CT molecular complexity index is 747. The molecular formula is C13H10F3NO3. The maximum Gasteiger partial charge on any atom is 0.431 e. The van der Waals surface area contributed by atoms with Crippen LogP contribution in [-0.4, -0.2) is 16.1 Å². The average molecular weight is 285 g/mol. The van der Waals surface area contributed by atoms with Crippen LogP contribution >= 0.6 is 0 Å². The van der Waals surface area contributed by atoms with Gasteiger partial charge in [-0.05, 0) is 24.6 Å². The fraction of sp³-hybridized carbons (Fsp3) is 0.231. The molecule has 0 bridgehead atoms. The van der Waals surface area contributed by atoms with E-state index in [9.17, 15) is 22.8 Å². The third kappa shape index (κ3) is 2.52. The number of aromatic amines is 1. The number of halogens is 3. The molecule has 0 amide bonds. The van der Waals surface area contributed by atoms with Crippen LogP contribution < -0.4 is 5.43 Å². The topological polar surface area (TPSA) is 70.2 Å². The zero-order valence-electron chi connectivity index (χ0n) is 10.3. The fourth-order valence-electron chi connectivity index (χ4n) is 2.00. The maximum absolute atomic E-state index is 12.8. The van der Waals surface area contributed by atoms with Crippen LogP contribution in [0.5, 0.6) is 0 Å². The highest BCUT2D eigenvalue weighted by atomic mass is 19.4. The second kappa shape index (κ2) is 4.66. The molecule has 0 atom stereocenters. The van der Waals surface area contributed by atoms with Crippen molar-refractivity contribution in [2.45, 2.75) is 19.5 Å². The lowest BCUT2D eigenvalue weighted by molar-refractivity contribution is -0.141. The van der Waals surface area contributed by atoms with E-state index in [0.717, 1.165) is 6.92 Å². The SMILES string of the molecule is Cc1c(C(F)(F)F)[nH]c2ccc(CC(=O)O)cc2c1=O. The lowest BCUT2D eigenvalue weighted by Crippen LogP contribution is -2.19. The van der Waals surface area contributed by atoms with Gasteiger partial charge in [-0.1, -0.05) is 6.07 Å². The van der Waals surface area contributed by atoms with E-state index in [2.05, 4.69) is 4.98 Å². The van der Waals surface area contributed by atoms with Crippen molar-refractivity contribution >= 4 is 16.9 Å². The molecule has 0 saturated heterocycles. The number of carboxylic acid groups (broad SMARTS) is 1. The summed E-state index contributed by atoms with van der Waals surface area (Å²) in [5, 5.41) is 8.73. The predicted octanol–water partition coefficient (Wildman–Crippen LogP) is 2.48.